The number of nitrogens with one attached hydrogen (secondary N) is 2. The van der Waals surface area contributed by atoms with Gasteiger partial charge >= 0.3 is 0 Å². The smallest absolute Gasteiger partial charge is 0.240 e. The minimum atomic E-state index is -0.651. The molecule has 0 radical (unpaired) electrons. The largest absolute Gasteiger partial charge is 0.368 e. The van der Waals surface area contributed by atoms with Crippen LogP contribution < -0.4 is 11.1 Å². The molecule has 104 valence electrons. The fraction of sp³-hybridized carbons (Fsp3) is 0.333. The van der Waals surface area contributed by atoms with Gasteiger partial charge in [-0.2, -0.15) is 0 Å². The summed E-state index contributed by atoms with van der Waals surface area (Å²) in [6.45, 7) is 0. The second-order valence-corrected chi connectivity index (χ2v) is 5.30. The van der Waals surface area contributed by atoms with Gasteiger partial charge in [0.05, 0.1) is 0 Å². The number of aromatic amines is 1. The van der Waals surface area contributed by atoms with E-state index >= 15 is 0 Å². The summed E-state index contributed by atoms with van der Waals surface area (Å²) in [5, 5.41) is 3.81. The normalized spacial score (nSPS) is 16.0. The third-order valence-corrected chi connectivity index (χ3v) is 3.71. The first-order chi connectivity index (χ1) is 9.65. The number of fused-ring (bicyclic) bond motifs is 1. The molecular weight excluding hydrogens is 254 g/mol. The van der Waals surface area contributed by atoms with E-state index in [0.29, 0.717) is 6.42 Å². The molecule has 0 unspecified atom stereocenters. The maximum absolute atomic E-state index is 11.8. The average molecular weight is 271 g/mol. The molecule has 1 aliphatic carbocycles. The predicted molar refractivity (Wildman–Crippen MR) is 75.9 cm³/mol. The van der Waals surface area contributed by atoms with Gasteiger partial charge in [0.2, 0.25) is 11.8 Å². The lowest BCUT2D eigenvalue weighted by atomic mass is 10.0. The van der Waals surface area contributed by atoms with E-state index in [9.17, 15) is 9.59 Å². The van der Waals surface area contributed by atoms with Crippen LogP contribution in [0, 0.1) is 5.92 Å². The van der Waals surface area contributed by atoms with Crippen LogP contribution in [0.25, 0.3) is 10.9 Å². The number of primary amides is 1. The molecule has 3 rings (SSSR count). The molecule has 0 saturated heterocycles. The molecule has 1 aromatic heterocycles. The number of carbonyl (C=O) groups is 2. The van der Waals surface area contributed by atoms with Crippen molar-refractivity contribution < 1.29 is 9.59 Å². The summed E-state index contributed by atoms with van der Waals surface area (Å²) >= 11 is 0. The van der Waals surface area contributed by atoms with E-state index in [2.05, 4.69) is 10.3 Å². The lowest BCUT2D eigenvalue weighted by molar-refractivity contribution is -0.128. The number of nitrogens with two attached hydrogens (primary N) is 1. The van der Waals surface area contributed by atoms with Crippen molar-refractivity contribution >= 4 is 22.7 Å². The van der Waals surface area contributed by atoms with Gasteiger partial charge < -0.3 is 16.0 Å². The van der Waals surface area contributed by atoms with Crippen LogP contribution in [-0.2, 0) is 16.0 Å². The van der Waals surface area contributed by atoms with Gasteiger partial charge in [-0.1, -0.05) is 18.2 Å². The number of aromatic nitrogens is 1. The summed E-state index contributed by atoms with van der Waals surface area (Å²) in [6.07, 6.45) is 4.09. The first-order valence-corrected chi connectivity index (χ1v) is 6.80. The zero-order valence-corrected chi connectivity index (χ0v) is 11.1. The van der Waals surface area contributed by atoms with E-state index in [0.717, 1.165) is 29.3 Å². The molecule has 5 heteroatoms. The molecule has 1 fully saturated rings. The van der Waals surface area contributed by atoms with Crippen LogP contribution in [0.2, 0.25) is 0 Å². The number of hydrogen-bond donors (Lipinski definition) is 3. The van der Waals surface area contributed by atoms with E-state index in [4.69, 9.17) is 5.73 Å². The van der Waals surface area contributed by atoms with Crippen LogP contribution in [0.3, 0.4) is 0 Å². The minimum Gasteiger partial charge on any atom is -0.368 e. The minimum absolute atomic E-state index is 0.0614. The van der Waals surface area contributed by atoms with Gasteiger partial charge in [0.15, 0.2) is 0 Å². The second kappa shape index (κ2) is 5.00. The molecule has 1 heterocycles. The highest BCUT2D eigenvalue weighted by atomic mass is 16.2. The van der Waals surface area contributed by atoms with Crippen molar-refractivity contribution in [3.8, 4) is 0 Å². The van der Waals surface area contributed by atoms with E-state index in [1.165, 1.54) is 0 Å². The lowest BCUT2D eigenvalue weighted by Crippen LogP contribution is -2.46. The van der Waals surface area contributed by atoms with E-state index < -0.39 is 11.9 Å². The Bertz CT molecular complexity index is 658. The van der Waals surface area contributed by atoms with Gasteiger partial charge in [0.1, 0.15) is 6.04 Å². The third kappa shape index (κ3) is 2.52. The number of para-hydroxylation sites is 1. The Morgan fingerprint density at radius 3 is 2.80 bits per heavy atom. The van der Waals surface area contributed by atoms with Crippen LogP contribution in [-0.4, -0.2) is 22.8 Å². The van der Waals surface area contributed by atoms with Crippen molar-refractivity contribution in [3.63, 3.8) is 0 Å². The highest BCUT2D eigenvalue weighted by Gasteiger charge is 2.32. The fourth-order valence-electron chi connectivity index (χ4n) is 2.38. The Morgan fingerprint density at radius 2 is 2.10 bits per heavy atom. The molecule has 1 atom stereocenters. The average Bonchev–Trinajstić information content (AvgIpc) is 3.21. The quantitative estimate of drug-likeness (QED) is 0.760. The Labute approximate surface area is 116 Å². The molecule has 1 saturated carbocycles. The SMILES string of the molecule is NC(=O)[C@H](Cc1c[nH]c2ccccc12)NC(=O)C1CC1. The Kier molecular flexibility index (Phi) is 3.18. The lowest BCUT2D eigenvalue weighted by Gasteiger charge is -2.15. The number of H-pyrrole nitrogens is 1. The zero-order chi connectivity index (χ0) is 14.1. The van der Waals surface area contributed by atoms with Crippen LogP contribution in [0.5, 0.6) is 0 Å². The predicted octanol–water partition coefficient (Wildman–Crippen LogP) is 1.09. The molecule has 1 aromatic carbocycles. The molecule has 0 spiro atoms. The summed E-state index contributed by atoms with van der Waals surface area (Å²) in [7, 11) is 0. The molecule has 4 N–H and O–H groups in total. The van der Waals surface area contributed by atoms with Crippen LogP contribution >= 0.6 is 0 Å². The maximum Gasteiger partial charge on any atom is 0.240 e. The summed E-state index contributed by atoms with van der Waals surface area (Å²) in [4.78, 5) is 26.5. The van der Waals surface area contributed by atoms with Gasteiger partial charge in [-0.05, 0) is 24.5 Å². The van der Waals surface area contributed by atoms with E-state index in [1.54, 1.807) is 0 Å². The van der Waals surface area contributed by atoms with Crippen molar-refractivity contribution in [2.45, 2.75) is 25.3 Å². The van der Waals surface area contributed by atoms with Crippen LogP contribution in [0.1, 0.15) is 18.4 Å². The molecule has 20 heavy (non-hydrogen) atoms. The standard InChI is InChI=1S/C15H17N3O2/c16-14(19)13(18-15(20)9-5-6-9)7-10-8-17-12-4-2-1-3-11(10)12/h1-4,8-9,13,17H,5-7H2,(H2,16,19)(H,18,20)/t13-/m0/s1. The van der Waals surface area contributed by atoms with E-state index in [-0.39, 0.29) is 11.8 Å². The Hall–Kier alpha value is -2.30. The summed E-state index contributed by atoms with van der Waals surface area (Å²) in [5.74, 6) is -0.488. The van der Waals surface area contributed by atoms with Gasteiger partial charge in [0, 0.05) is 29.4 Å². The maximum atomic E-state index is 11.8. The van der Waals surface area contributed by atoms with Crippen LogP contribution in [0.15, 0.2) is 30.5 Å². The molecule has 2 aromatic rings. The highest BCUT2D eigenvalue weighted by molar-refractivity contribution is 5.90. The molecule has 1 aliphatic rings. The topological polar surface area (TPSA) is 88.0 Å². The Morgan fingerprint density at radius 1 is 1.35 bits per heavy atom. The molecule has 0 aliphatic heterocycles. The molecule has 0 bridgehead atoms. The number of rotatable bonds is 5. The monoisotopic (exact) mass is 271 g/mol. The Balaban J connectivity index is 1.78. The van der Waals surface area contributed by atoms with Gasteiger partial charge in [-0.25, -0.2) is 0 Å². The fourth-order valence-corrected chi connectivity index (χ4v) is 2.38. The first kappa shape index (κ1) is 12.7. The van der Waals surface area contributed by atoms with Gasteiger partial charge in [0.25, 0.3) is 0 Å². The number of carbonyl (C=O) groups excluding carboxylic acids is 2. The summed E-state index contributed by atoms with van der Waals surface area (Å²) < 4.78 is 0. The van der Waals surface area contributed by atoms with Gasteiger partial charge in [-0.3, -0.25) is 9.59 Å². The highest BCUT2D eigenvalue weighted by Crippen LogP contribution is 2.29. The van der Waals surface area contributed by atoms with Crippen LogP contribution in [0.4, 0.5) is 0 Å². The molecular formula is C15H17N3O2. The van der Waals surface area contributed by atoms with E-state index in [1.807, 2.05) is 30.5 Å². The van der Waals surface area contributed by atoms with Crippen molar-refractivity contribution in [3.05, 3.63) is 36.0 Å². The van der Waals surface area contributed by atoms with Crippen molar-refractivity contribution in [1.29, 1.82) is 0 Å². The van der Waals surface area contributed by atoms with Gasteiger partial charge in [-0.15, -0.1) is 0 Å². The third-order valence-electron chi connectivity index (χ3n) is 3.71. The number of amides is 2. The van der Waals surface area contributed by atoms with Crippen molar-refractivity contribution in [2.24, 2.45) is 11.7 Å². The first-order valence-electron chi connectivity index (χ1n) is 6.80. The zero-order valence-electron chi connectivity index (χ0n) is 11.1. The second-order valence-electron chi connectivity index (χ2n) is 5.30. The molecule has 5 nitrogen and oxygen atoms in total. The summed E-state index contributed by atoms with van der Waals surface area (Å²) in [5.41, 5.74) is 7.40. The van der Waals surface area contributed by atoms with Crippen molar-refractivity contribution in [2.75, 3.05) is 0 Å². The number of benzene rings is 1. The molecule has 2 amide bonds. The summed E-state index contributed by atoms with van der Waals surface area (Å²) in [6, 6.07) is 7.20. The number of hydrogen-bond acceptors (Lipinski definition) is 2. The van der Waals surface area contributed by atoms with Crippen molar-refractivity contribution in [1.82, 2.24) is 10.3 Å².